The predicted octanol–water partition coefficient (Wildman–Crippen LogP) is 2.21. The van der Waals surface area contributed by atoms with Crippen molar-refractivity contribution in [1.82, 2.24) is 15.1 Å². The second kappa shape index (κ2) is 7.72. The van der Waals surface area contributed by atoms with Crippen LogP contribution in [-0.2, 0) is 9.47 Å². The number of ether oxygens (including phenoxy) is 3. The molecule has 0 bridgehead atoms. The molecule has 1 spiro atoms. The van der Waals surface area contributed by atoms with Crippen LogP contribution in [0.5, 0.6) is 5.75 Å². The van der Waals surface area contributed by atoms with E-state index in [9.17, 15) is 4.39 Å². The van der Waals surface area contributed by atoms with Crippen molar-refractivity contribution in [3.05, 3.63) is 36.0 Å². The Morgan fingerprint density at radius 1 is 1.13 bits per heavy atom. The number of halogens is 1. The van der Waals surface area contributed by atoms with Crippen LogP contribution < -0.4 is 9.64 Å². The number of hydrogen-bond acceptors (Lipinski definition) is 8. The lowest BCUT2D eigenvalue weighted by atomic mass is 9.86. The lowest BCUT2D eigenvalue weighted by Crippen LogP contribution is -2.62. The van der Waals surface area contributed by atoms with Gasteiger partial charge in [-0.25, -0.2) is 4.39 Å². The van der Waals surface area contributed by atoms with Crippen molar-refractivity contribution < 1.29 is 23.0 Å². The molecule has 0 unspecified atom stereocenters. The van der Waals surface area contributed by atoms with E-state index in [1.54, 1.807) is 12.1 Å². The number of piperidine rings is 1. The quantitative estimate of drug-likeness (QED) is 0.715. The summed E-state index contributed by atoms with van der Waals surface area (Å²) < 4.78 is 36.8. The third kappa shape index (κ3) is 3.68. The van der Waals surface area contributed by atoms with Crippen molar-refractivity contribution in [3.8, 4) is 5.75 Å². The van der Waals surface area contributed by atoms with Gasteiger partial charge in [-0.2, -0.15) is 0 Å². The number of anilines is 1. The second-order valence-electron chi connectivity index (χ2n) is 9.20. The van der Waals surface area contributed by atoms with Gasteiger partial charge in [-0.1, -0.05) is 5.10 Å². The maximum atomic E-state index is 14.0. The highest BCUT2D eigenvalue weighted by Gasteiger charge is 2.52. The van der Waals surface area contributed by atoms with Crippen LogP contribution in [0, 0.1) is 5.82 Å². The average Bonchev–Trinajstić information content (AvgIpc) is 3.41. The number of benzene rings is 1. The van der Waals surface area contributed by atoms with Crippen LogP contribution >= 0.6 is 0 Å². The largest absolute Gasteiger partial charge is 0.485 e. The van der Waals surface area contributed by atoms with Gasteiger partial charge in [0.2, 0.25) is 6.39 Å². The van der Waals surface area contributed by atoms with Gasteiger partial charge in [0.15, 0.2) is 0 Å². The van der Waals surface area contributed by atoms with E-state index in [1.165, 1.54) is 12.5 Å². The molecule has 4 fully saturated rings. The molecule has 1 aromatic heterocycles. The molecule has 166 valence electrons. The second-order valence-corrected chi connectivity index (χ2v) is 9.20. The molecule has 4 aliphatic rings. The Labute approximate surface area is 180 Å². The summed E-state index contributed by atoms with van der Waals surface area (Å²) in [6.07, 6.45) is 4.47. The van der Waals surface area contributed by atoms with Crippen LogP contribution in [0.2, 0.25) is 0 Å². The Kier molecular flexibility index (Phi) is 4.85. The number of rotatable bonds is 5. The average molecular weight is 430 g/mol. The zero-order valence-corrected chi connectivity index (χ0v) is 17.4. The van der Waals surface area contributed by atoms with Gasteiger partial charge in [-0.3, -0.25) is 4.90 Å². The summed E-state index contributed by atoms with van der Waals surface area (Å²) in [4.78, 5) is 4.61. The fourth-order valence-electron chi connectivity index (χ4n) is 5.35. The molecule has 0 N–H and O–H groups in total. The molecule has 0 saturated carbocycles. The zero-order valence-electron chi connectivity index (χ0n) is 17.4. The maximum absolute atomic E-state index is 14.0. The molecule has 0 radical (unpaired) electrons. The predicted molar refractivity (Wildman–Crippen MR) is 109 cm³/mol. The number of nitrogens with zero attached hydrogens (tertiary/aromatic N) is 4. The molecule has 2 aromatic rings. The molecule has 5 heterocycles. The summed E-state index contributed by atoms with van der Waals surface area (Å²) in [6, 6.07) is 5.92. The lowest BCUT2D eigenvalue weighted by Gasteiger charge is -2.46. The molecule has 9 heteroatoms. The topological polar surface area (TPSA) is 73.1 Å². The van der Waals surface area contributed by atoms with Crippen LogP contribution in [0.15, 0.2) is 29.0 Å². The Morgan fingerprint density at radius 2 is 1.97 bits per heavy atom. The fourth-order valence-corrected chi connectivity index (χ4v) is 5.35. The summed E-state index contributed by atoms with van der Waals surface area (Å²) in [6.45, 7) is 5.58. The highest BCUT2D eigenvalue weighted by atomic mass is 19.1. The summed E-state index contributed by atoms with van der Waals surface area (Å²) in [5.41, 5.74) is 0.907. The van der Waals surface area contributed by atoms with E-state index in [1.807, 2.05) is 0 Å². The Morgan fingerprint density at radius 3 is 2.68 bits per heavy atom. The lowest BCUT2D eigenvalue weighted by molar-refractivity contribution is -0.0801. The molecular weight excluding hydrogens is 403 g/mol. The molecule has 8 nitrogen and oxygen atoms in total. The van der Waals surface area contributed by atoms with E-state index >= 15 is 0 Å². The maximum Gasteiger partial charge on any atom is 0.318 e. The van der Waals surface area contributed by atoms with E-state index in [0.717, 1.165) is 63.4 Å². The first kappa shape index (κ1) is 19.5. The minimum atomic E-state index is -0.198. The van der Waals surface area contributed by atoms with Gasteiger partial charge in [-0.05, 0) is 56.5 Å². The van der Waals surface area contributed by atoms with Crippen LogP contribution in [0.3, 0.4) is 0 Å². The minimum absolute atomic E-state index is 0.0883. The molecule has 4 saturated heterocycles. The van der Waals surface area contributed by atoms with E-state index < -0.39 is 0 Å². The molecule has 0 amide bonds. The molecule has 0 aliphatic carbocycles. The van der Waals surface area contributed by atoms with Gasteiger partial charge >= 0.3 is 6.01 Å². The van der Waals surface area contributed by atoms with Crippen LogP contribution in [-0.4, -0.2) is 78.8 Å². The smallest absolute Gasteiger partial charge is 0.318 e. The molecule has 1 atom stereocenters. The highest BCUT2D eigenvalue weighted by molar-refractivity contribution is 5.38. The summed E-state index contributed by atoms with van der Waals surface area (Å²) in [5.74, 6) is 0.930. The van der Waals surface area contributed by atoms with Crippen molar-refractivity contribution in [1.29, 1.82) is 0 Å². The molecule has 6 rings (SSSR count). The molecule has 31 heavy (non-hydrogen) atoms. The molecule has 1 aromatic carbocycles. The first-order valence-corrected chi connectivity index (χ1v) is 11.1. The SMILES string of the molecule is Fc1ccc(OC2COC2)c(C2CCN([C@@H]3COC4(C3)CN(c3nnco3)C4)CC2)c1. The van der Waals surface area contributed by atoms with Crippen molar-refractivity contribution in [3.63, 3.8) is 0 Å². The standard InChI is InChI=1S/C22H27FN4O4/c23-16-1-2-20(31-18-10-28-11-18)19(7-16)15-3-5-26(6-4-15)17-8-22(30-9-17)12-27(13-22)21-25-24-14-29-21/h1-2,7,14-15,17-18H,3-6,8-13H2/t17-/m0/s1. The molecule has 4 aliphatic heterocycles. The van der Waals surface area contributed by atoms with Crippen molar-refractivity contribution in [2.75, 3.05) is 50.9 Å². The van der Waals surface area contributed by atoms with Crippen LogP contribution in [0.4, 0.5) is 10.4 Å². The number of aromatic nitrogens is 2. The highest BCUT2D eigenvalue weighted by Crippen LogP contribution is 2.41. The van der Waals surface area contributed by atoms with Crippen LogP contribution in [0.25, 0.3) is 0 Å². The van der Waals surface area contributed by atoms with E-state index in [2.05, 4.69) is 20.0 Å². The summed E-state index contributed by atoms with van der Waals surface area (Å²) >= 11 is 0. The van der Waals surface area contributed by atoms with Gasteiger partial charge in [0.25, 0.3) is 0 Å². The first-order valence-electron chi connectivity index (χ1n) is 11.1. The third-order valence-electron chi connectivity index (χ3n) is 7.13. The van der Waals surface area contributed by atoms with Gasteiger partial charge in [0, 0.05) is 11.6 Å². The number of hydrogen-bond donors (Lipinski definition) is 0. The Balaban J connectivity index is 1.05. The Bertz CT molecular complexity index is 908. The van der Waals surface area contributed by atoms with Gasteiger partial charge in [0.05, 0.1) is 32.9 Å². The first-order chi connectivity index (χ1) is 15.2. The minimum Gasteiger partial charge on any atom is -0.485 e. The van der Waals surface area contributed by atoms with Crippen molar-refractivity contribution in [2.45, 2.75) is 42.9 Å². The normalized spacial score (nSPS) is 26.7. The third-order valence-corrected chi connectivity index (χ3v) is 7.13. The fraction of sp³-hybridized carbons (Fsp3) is 0.636. The van der Waals surface area contributed by atoms with Gasteiger partial charge < -0.3 is 23.5 Å². The Hall–Kier alpha value is -2.23. The van der Waals surface area contributed by atoms with Crippen LogP contribution in [0.1, 0.15) is 30.7 Å². The monoisotopic (exact) mass is 430 g/mol. The van der Waals surface area contributed by atoms with Gasteiger partial charge in [0.1, 0.15) is 23.3 Å². The van der Waals surface area contributed by atoms with E-state index in [0.29, 0.717) is 31.2 Å². The van der Waals surface area contributed by atoms with E-state index in [4.69, 9.17) is 18.6 Å². The summed E-state index contributed by atoms with van der Waals surface area (Å²) in [7, 11) is 0. The van der Waals surface area contributed by atoms with Crippen molar-refractivity contribution in [2.24, 2.45) is 0 Å². The summed E-state index contributed by atoms with van der Waals surface area (Å²) in [5, 5.41) is 7.73. The molecular formula is C22H27FN4O4. The van der Waals surface area contributed by atoms with Crippen molar-refractivity contribution >= 4 is 6.01 Å². The van der Waals surface area contributed by atoms with E-state index in [-0.39, 0.29) is 17.5 Å². The van der Waals surface area contributed by atoms with Gasteiger partial charge in [-0.15, -0.1) is 5.10 Å². The number of likely N-dealkylation sites (tertiary alicyclic amines) is 1. The zero-order chi connectivity index (χ0) is 20.8.